The Balaban J connectivity index is 2.58. The Morgan fingerprint density at radius 3 is 2.65 bits per heavy atom. The molecule has 0 amide bonds. The van der Waals surface area contributed by atoms with Crippen LogP contribution in [-0.2, 0) is 11.3 Å². The topological polar surface area (TPSA) is 72.2 Å². The summed E-state index contributed by atoms with van der Waals surface area (Å²) in [7, 11) is 0. The predicted molar refractivity (Wildman–Crippen MR) is 76.3 cm³/mol. The van der Waals surface area contributed by atoms with Gasteiger partial charge < -0.3 is 5.11 Å². The van der Waals surface area contributed by atoms with Crippen molar-refractivity contribution < 1.29 is 9.90 Å². The molecule has 0 spiro atoms. The Bertz CT molecular complexity index is 703. The molecule has 1 N–H and O–H groups in total. The van der Waals surface area contributed by atoms with Gasteiger partial charge in [-0.2, -0.15) is 5.10 Å². The second-order valence-corrected chi connectivity index (χ2v) is 4.14. The summed E-state index contributed by atoms with van der Waals surface area (Å²) < 4.78 is 1.32. The van der Waals surface area contributed by atoms with Crippen LogP contribution in [0.15, 0.2) is 47.3 Å². The van der Waals surface area contributed by atoms with Crippen LogP contribution in [0.2, 0.25) is 0 Å². The molecule has 0 fully saturated rings. The first kappa shape index (κ1) is 13.7. The quantitative estimate of drug-likeness (QED) is 0.863. The summed E-state index contributed by atoms with van der Waals surface area (Å²) in [6.45, 7) is 2.24. The number of carboxylic acids is 1. The standard InChI is InChI=1S/C15H14N2O3/c1-2-17-15(20)12(8-9-14(18)19)10-13(16-17)11-6-4-3-5-7-11/h3-10H,2H2,1H3,(H,18,19)/b9-8+. The molecule has 0 bridgehead atoms. The van der Waals surface area contributed by atoms with E-state index in [0.717, 1.165) is 11.6 Å². The fraction of sp³-hybridized carbons (Fsp3) is 0.133. The molecule has 0 aliphatic heterocycles. The first-order valence-electron chi connectivity index (χ1n) is 6.20. The first-order valence-corrected chi connectivity index (χ1v) is 6.20. The molecule has 0 unspecified atom stereocenters. The van der Waals surface area contributed by atoms with Crippen LogP contribution in [0.1, 0.15) is 12.5 Å². The van der Waals surface area contributed by atoms with Gasteiger partial charge in [0, 0.05) is 23.7 Å². The number of nitrogens with zero attached hydrogens (tertiary/aromatic N) is 2. The van der Waals surface area contributed by atoms with Crippen molar-refractivity contribution in [2.24, 2.45) is 0 Å². The average molecular weight is 270 g/mol. The highest BCUT2D eigenvalue weighted by atomic mass is 16.4. The predicted octanol–water partition coefficient (Wildman–Crippen LogP) is 2.03. The number of carbonyl (C=O) groups is 1. The highest BCUT2D eigenvalue weighted by Crippen LogP contribution is 2.16. The Morgan fingerprint density at radius 1 is 1.35 bits per heavy atom. The molecule has 2 rings (SSSR count). The van der Waals surface area contributed by atoms with Crippen molar-refractivity contribution in [1.82, 2.24) is 9.78 Å². The van der Waals surface area contributed by atoms with Crippen molar-refractivity contribution in [3.8, 4) is 11.3 Å². The van der Waals surface area contributed by atoms with Crippen LogP contribution < -0.4 is 5.56 Å². The number of hydrogen-bond donors (Lipinski definition) is 1. The van der Waals surface area contributed by atoms with Gasteiger partial charge in [-0.25, -0.2) is 9.48 Å². The molecule has 0 saturated carbocycles. The Hall–Kier alpha value is -2.69. The van der Waals surface area contributed by atoms with Gasteiger partial charge in [-0.3, -0.25) is 4.79 Å². The number of aryl methyl sites for hydroxylation is 1. The molecule has 5 nitrogen and oxygen atoms in total. The molecule has 0 aliphatic carbocycles. The van der Waals surface area contributed by atoms with Crippen LogP contribution in [0.3, 0.4) is 0 Å². The van der Waals surface area contributed by atoms with E-state index in [9.17, 15) is 9.59 Å². The zero-order chi connectivity index (χ0) is 14.5. The maximum atomic E-state index is 12.1. The highest BCUT2D eigenvalue weighted by Gasteiger charge is 2.07. The second kappa shape index (κ2) is 5.97. The molecule has 5 heteroatoms. The summed E-state index contributed by atoms with van der Waals surface area (Å²) in [5.74, 6) is -1.09. The molecule has 0 atom stereocenters. The highest BCUT2D eigenvalue weighted by molar-refractivity contribution is 5.85. The number of hydrogen-bond acceptors (Lipinski definition) is 3. The van der Waals surface area contributed by atoms with Crippen LogP contribution in [0.25, 0.3) is 17.3 Å². The summed E-state index contributed by atoms with van der Waals surface area (Å²) in [6.07, 6.45) is 2.25. The Labute approximate surface area is 115 Å². The lowest BCUT2D eigenvalue weighted by Crippen LogP contribution is -2.24. The zero-order valence-electron chi connectivity index (χ0n) is 11.0. The first-order chi connectivity index (χ1) is 9.61. The fourth-order valence-corrected chi connectivity index (χ4v) is 1.81. The second-order valence-electron chi connectivity index (χ2n) is 4.14. The summed E-state index contributed by atoms with van der Waals surface area (Å²) in [4.78, 5) is 22.6. The van der Waals surface area contributed by atoms with Gasteiger partial charge in [0.05, 0.1) is 5.69 Å². The van der Waals surface area contributed by atoms with Gasteiger partial charge in [0.25, 0.3) is 5.56 Å². The van der Waals surface area contributed by atoms with Crippen molar-refractivity contribution in [1.29, 1.82) is 0 Å². The summed E-state index contributed by atoms with van der Waals surface area (Å²) >= 11 is 0. The number of carboxylic acid groups (broad SMARTS) is 1. The lowest BCUT2D eigenvalue weighted by molar-refractivity contribution is -0.131. The van der Waals surface area contributed by atoms with Gasteiger partial charge in [-0.1, -0.05) is 30.3 Å². The third-order valence-electron chi connectivity index (χ3n) is 2.78. The molecular weight excluding hydrogens is 256 g/mol. The number of rotatable bonds is 4. The van der Waals surface area contributed by atoms with Crippen LogP contribution in [0.5, 0.6) is 0 Å². The van der Waals surface area contributed by atoms with Gasteiger partial charge in [0.2, 0.25) is 0 Å². The minimum Gasteiger partial charge on any atom is -0.478 e. The molecule has 20 heavy (non-hydrogen) atoms. The molecule has 1 heterocycles. The summed E-state index contributed by atoms with van der Waals surface area (Å²) in [5, 5.41) is 12.9. The molecular formula is C15H14N2O3. The zero-order valence-corrected chi connectivity index (χ0v) is 11.0. The van der Waals surface area contributed by atoms with Gasteiger partial charge in [-0.15, -0.1) is 0 Å². The lowest BCUT2D eigenvalue weighted by atomic mass is 10.1. The van der Waals surface area contributed by atoms with Crippen molar-refractivity contribution in [2.45, 2.75) is 13.5 Å². The van der Waals surface area contributed by atoms with Crippen molar-refractivity contribution in [2.75, 3.05) is 0 Å². The van der Waals surface area contributed by atoms with Gasteiger partial charge in [0.1, 0.15) is 0 Å². The Kier molecular flexibility index (Phi) is 4.10. The third-order valence-corrected chi connectivity index (χ3v) is 2.78. The van der Waals surface area contributed by atoms with E-state index in [-0.39, 0.29) is 5.56 Å². The molecule has 102 valence electrons. The molecule has 0 aliphatic rings. The molecule has 1 aromatic heterocycles. The van der Waals surface area contributed by atoms with Crippen LogP contribution in [0.4, 0.5) is 0 Å². The number of benzene rings is 1. The van der Waals surface area contributed by atoms with E-state index in [2.05, 4.69) is 5.10 Å². The van der Waals surface area contributed by atoms with E-state index in [1.807, 2.05) is 37.3 Å². The van der Waals surface area contributed by atoms with Crippen LogP contribution >= 0.6 is 0 Å². The van der Waals surface area contributed by atoms with E-state index in [1.165, 1.54) is 10.8 Å². The minimum atomic E-state index is -1.09. The van der Waals surface area contributed by atoms with E-state index in [1.54, 1.807) is 6.07 Å². The largest absolute Gasteiger partial charge is 0.478 e. The Morgan fingerprint density at radius 2 is 2.05 bits per heavy atom. The monoisotopic (exact) mass is 270 g/mol. The molecule has 1 aromatic carbocycles. The molecule has 2 aromatic rings. The van der Waals surface area contributed by atoms with Gasteiger partial charge in [-0.05, 0) is 19.1 Å². The number of aliphatic carboxylic acids is 1. The van der Waals surface area contributed by atoms with E-state index < -0.39 is 5.97 Å². The molecule has 0 radical (unpaired) electrons. The summed E-state index contributed by atoms with van der Waals surface area (Å²) in [5.41, 5.74) is 1.52. The van der Waals surface area contributed by atoms with Crippen molar-refractivity contribution >= 4 is 12.0 Å². The molecule has 0 saturated heterocycles. The smallest absolute Gasteiger partial charge is 0.328 e. The van der Waals surface area contributed by atoms with E-state index in [4.69, 9.17) is 5.11 Å². The maximum absolute atomic E-state index is 12.1. The lowest BCUT2D eigenvalue weighted by Gasteiger charge is -2.07. The number of aromatic nitrogens is 2. The fourth-order valence-electron chi connectivity index (χ4n) is 1.81. The SMILES string of the molecule is CCn1nc(-c2ccccc2)cc(/C=C/C(=O)O)c1=O. The van der Waals surface area contributed by atoms with Gasteiger partial charge >= 0.3 is 5.97 Å². The average Bonchev–Trinajstić information content (AvgIpc) is 2.47. The van der Waals surface area contributed by atoms with Gasteiger partial charge in [0.15, 0.2) is 0 Å². The van der Waals surface area contributed by atoms with Crippen LogP contribution in [0, 0.1) is 0 Å². The van der Waals surface area contributed by atoms with Crippen molar-refractivity contribution in [3.05, 3.63) is 58.4 Å². The third kappa shape index (κ3) is 3.00. The minimum absolute atomic E-state index is 0.301. The normalized spacial score (nSPS) is 10.8. The maximum Gasteiger partial charge on any atom is 0.328 e. The van der Waals surface area contributed by atoms with E-state index in [0.29, 0.717) is 17.8 Å². The van der Waals surface area contributed by atoms with Crippen LogP contribution in [-0.4, -0.2) is 20.9 Å². The van der Waals surface area contributed by atoms with E-state index >= 15 is 0 Å². The van der Waals surface area contributed by atoms with Crippen molar-refractivity contribution in [3.63, 3.8) is 0 Å². The summed E-state index contributed by atoms with van der Waals surface area (Å²) in [6, 6.07) is 11.0.